The fraction of sp³-hybridized carbons (Fsp3) is 0.118. The van der Waals surface area contributed by atoms with Crippen molar-refractivity contribution < 1.29 is 18.0 Å². The van der Waals surface area contributed by atoms with Crippen LogP contribution in [-0.2, 0) is 17.5 Å². The Balaban J connectivity index is 1.79. The highest BCUT2D eigenvalue weighted by Crippen LogP contribution is 2.31. The van der Waals surface area contributed by atoms with Crippen LogP contribution in [0, 0.1) is 0 Å². The number of benzene rings is 2. The zero-order valence-corrected chi connectivity index (χ0v) is 15.0. The second-order valence-electron chi connectivity index (χ2n) is 5.47. The van der Waals surface area contributed by atoms with Gasteiger partial charge in [0.05, 0.1) is 22.3 Å². The van der Waals surface area contributed by atoms with Gasteiger partial charge >= 0.3 is 6.18 Å². The molecule has 3 rings (SSSR count). The summed E-state index contributed by atoms with van der Waals surface area (Å²) in [5.41, 5.74) is 3.01. The van der Waals surface area contributed by atoms with Crippen LogP contribution in [0.25, 0.3) is 11.0 Å². The van der Waals surface area contributed by atoms with Crippen molar-refractivity contribution >= 4 is 46.4 Å². The summed E-state index contributed by atoms with van der Waals surface area (Å²) < 4.78 is 40.5. The number of rotatable bonds is 4. The molecule has 0 bridgehead atoms. The van der Waals surface area contributed by atoms with Crippen LogP contribution in [0.3, 0.4) is 0 Å². The maximum atomic E-state index is 13.2. The molecule has 1 N–H and O–H groups in total. The highest BCUT2D eigenvalue weighted by molar-refractivity contribution is 6.36. The van der Waals surface area contributed by atoms with Gasteiger partial charge in [-0.1, -0.05) is 41.4 Å². The molecule has 0 spiro atoms. The molecule has 1 heterocycles. The monoisotopic (exact) mass is 414 g/mol. The lowest BCUT2D eigenvalue weighted by Crippen LogP contribution is -2.26. The van der Waals surface area contributed by atoms with E-state index < -0.39 is 24.5 Å². The topological polar surface area (TPSA) is 59.3 Å². The smallest absolute Gasteiger partial charge is 0.311 e. The number of nitrogens with zero attached hydrogens (tertiary/aromatic N) is 3. The third-order valence-corrected chi connectivity index (χ3v) is 4.13. The third-order valence-electron chi connectivity index (χ3n) is 3.57. The Morgan fingerprint density at radius 1 is 1.22 bits per heavy atom. The minimum atomic E-state index is -4.70. The van der Waals surface area contributed by atoms with Crippen molar-refractivity contribution in [1.82, 2.24) is 15.0 Å². The first-order valence-electron chi connectivity index (χ1n) is 7.55. The minimum Gasteiger partial charge on any atom is -0.311 e. The molecule has 0 atom stereocenters. The van der Waals surface area contributed by atoms with Gasteiger partial charge in [0.25, 0.3) is 5.91 Å². The maximum absolute atomic E-state index is 13.2. The number of hydrogen-bond acceptors (Lipinski definition) is 3. The number of fused-ring (bicyclic) bond motifs is 1. The lowest BCUT2D eigenvalue weighted by Gasteiger charge is -2.10. The zero-order valence-electron chi connectivity index (χ0n) is 13.5. The number of amides is 1. The van der Waals surface area contributed by atoms with E-state index in [4.69, 9.17) is 23.2 Å². The van der Waals surface area contributed by atoms with Gasteiger partial charge in [-0.25, -0.2) is 10.4 Å². The number of halogens is 5. The fourth-order valence-corrected chi connectivity index (χ4v) is 2.87. The molecule has 27 heavy (non-hydrogen) atoms. The van der Waals surface area contributed by atoms with E-state index >= 15 is 0 Å². The molecule has 0 radical (unpaired) electrons. The summed E-state index contributed by atoms with van der Waals surface area (Å²) in [6.07, 6.45) is -3.42. The molecule has 2 aromatic carbocycles. The Kier molecular flexibility index (Phi) is 5.38. The SMILES string of the molecule is O=C(Cn1c(C(F)(F)F)nc2ccccc21)NN=Cc1ccc(Cl)cc1Cl. The minimum absolute atomic E-state index is 0.147. The van der Waals surface area contributed by atoms with Crippen molar-refractivity contribution in [2.24, 2.45) is 5.10 Å². The summed E-state index contributed by atoms with van der Waals surface area (Å²) >= 11 is 11.8. The Morgan fingerprint density at radius 3 is 2.67 bits per heavy atom. The van der Waals surface area contributed by atoms with Gasteiger partial charge in [0.1, 0.15) is 6.54 Å². The first-order valence-corrected chi connectivity index (χ1v) is 8.31. The predicted octanol–water partition coefficient (Wildman–Crippen LogP) is 4.51. The number of carbonyl (C=O) groups is 1. The normalized spacial score (nSPS) is 12.0. The highest BCUT2D eigenvalue weighted by Gasteiger charge is 2.37. The summed E-state index contributed by atoms with van der Waals surface area (Å²) in [6.45, 7) is -0.596. The quantitative estimate of drug-likeness (QED) is 0.504. The molecule has 1 aromatic heterocycles. The predicted molar refractivity (Wildman–Crippen MR) is 96.9 cm³/mol. The average Bonchev–Trinajstić information content (AvgIpc) is 2.96. The van der Waals surface area contributed by atoms with Gasteiger partial charge in [-0.3, -0.25) is 4.79 Å². The van der Waals surface area contributed by atoms with Gasteiger partial charge < -0.3 is 4.57 Å². The summed E-state index contributed by atoms with van der Waals surface area (Å²) in [6, 6.07) is 10.7. The third kappa shape index (κ3) is 4.40. The summed E-state index contributed by atoms with van der Waals surface area (Å²) in [7, 11) is 0. The van der Waals surface area contributed by atoms with Crippen LogP contribution in [0.5, 0.6) is 0 Å². The van der Waals surface area contributed by atoms with E-state index in [-0.39, 0.29) is 11.0 Å². The molecule has 1 amide bonds. The first-order chi connectivity index (χ1) is 12.8. The molecule has 0 aliphatic carbocycles. The van der Waals surface area contributed by atoms with Gasteiger partial charge in [-0.15, -0.1) is 0 Å². The zero-order chi connectivity index (χ0) is 19.6. The number of hydrogen-bond donors (Lipinski definition) is 1. The van der Waals surface area contributed by atoms with E-state index in [1.807, 2.05) is 0 Å². The van der Waals surface area contributed by atoms with Crippen LogP contribution in [0.4, 0.5) is 13.2 Å². The molecule has 140 valence electrons. The van der Waals surface area contributed by atoms with Crippen LogP contribution in [0.1, 0.15) is 11.4 Å². The summed E-state index contributed by atoms with van der Waals surface area (Å²) in [5.74, 6) is -1.89. The first kappa shape index (κ1) is 19.2. The summed E-state index contributed by atoms with van der Waals surface area (Å²) in [4.78, 5) is 15.6. The number of para-hydroxylation sites is 2. The Morgan fingerprint density at radius 2 is 1.96 bits per heavy atom. The van der Waals surface area contributed by atoms with Crippen LogP contribution in [0.15, 0.2) is 47.6 Å². The molecular formula is C17H11Cl2F3N4O. The number of alkyl halides is 3. The number of nitrogens with one attached hydrogen (secondary N) is 1. The Labute approximate surface area is 161 Å². The molecule has 10 heteroatoms. The largest absolute Gasteiger partial charge is 0.449 e. The Hall–Kier alpha value is -2.58. The lowest BCUT2D eigenvalue weighted by molar-refractivity contribution is -0.147. The average molecular weight is 415 g/mol. The maximum Gasteiger partial charge on any atom is 0.449 e. The molecule has 0 unspecified atom stereocenters. The van der Waals surface area contributed by atoms with Crippen molar-refractivity contribution in [3.05, 3.63) is 63.9 Å². The van der Waals surface area contributed by atoms with Gasteiger partial charge in [-0.05, 0) is 24.3 Å². The van der Waals surface area contributed by atoms with E-state index in [1.54, 1.807) is 24.3 Å². The van der Waals surface area contributed by atoms with E-state index in [1.165, 1.54) is 24.4 Å². The van der Waals surface area contributed by atoms with Crippen LogP contribution < -0.4 is 5.43 Å². The van der Waals surface area contributed by atoms with Crippen molar-refractivity contribution in [3.63, 3.8) is 0 Å². The fourth-order valence-electron chi connectivity index (χ4n) is 2.41. The lowest BCUT2D eigenvalue weighted by atomic mass is 10.2. The van der Waals surface area contributed by atoms with E-state index in [0.717, 1.165) is 4.57 Å². The van der Waals surface area contributed by atoms with E-state index in [9.17, 15) is 18.0 Å². The van der Waals surface area contributed by atoms with Crippen molar-refractivity contribution in [2.75, 3.05) is 0 Å². The van der Waals surface area contributed by atoms with Gasteiger partial charge in [-0.2, -0.15) is 18.3 Å². The number of hydrazone groups is 1. The molecule has 0 saturated carbocycles. The van der Waals surface area contributed by atoms with E-state index in [2.05, 4.69) is 15.5 Å². The van der Waals surface area contributed by atoms with Gasteiger partial charge in [0, 0.05) is 10.6 Å². The molecule has 5 nitrogen and oxygen atoms in total. The molecule has 3 aromatic rings. The molecular weight excluding hydrogens is 404 g/mol. The van der Waals surface area contributed by atoms with Crippen LogP contribution in [0.2, 0.25) is 10.0 Å². The van der Waals surface area contributed by atoms with Crippen molar-refractivity contribution in [2.45, 2.75) is 12.7 Å². The highest BCUT2D eigenvalue weighted by atomic mass is 35.5. The van der Waals surface area contributed by atoms with Gasteiger partial charge in [0.15, 0.2) is 0 Å². The molecule has 0 fully saturated rings. The number of imidazole rings is 1. The van der Waals surface area contributed by atoms with Crippen LogP contribution in [-0.4, -0.2) is 21.7 Å². The summed E-state index contributed by atoms with van der Waals surface area (Å²) in [5, 5.41) is 4.48. The molecule has 0 aliphatic rings. The van der Waals surface area contributed by atoms with Crippen molar-refractivity contribution in [3.8, 4) is 0 Å². The van der Waals surface area contributed by atoms with E-state index in [0.29, 0.717) is 15.6 Å². The van der Waals surface area contributed by atoms with Crippen LogP contribution >= 0.6 is 23.2 Å². The Bertz CT molecular complexity index is 1030. The number of aromatic nitrogens is 2. The standard InChI is InChI=1S/C17H11Cl2F3N4O/c18-11-6-5-10(12(19)7-11)8-23-25-15(27)9-26-14-4-2-1-3-13(14)24-16(26)17(20,21)22/h1-8H,9H2,(H,25,27). The number of carbonyl (C=O) groups excluding carboxylic acids is 1. The molecule has 0 aliphatic heterocycles. The second kappa shape index (κ2) is 7.58. The van der Waals surface area contributed by atoms with Gasteiger partial charge in [0.2, 0.25) is 5.82 Å². The van der Waals surface area contributed by atoms with Crippen molar-refractivity contribution in [1.29, 1.82) is 0 Å². The molecule has 0 saturated heterocycles. The second-order valence-corrected chi connectivity index (χ2v) is 6.31.